The Morgan fingerprint density at radius 2 is 2.07 bits per heavy atom. The molecule has 1 amide bonds. The van der Waals surface area contributed by atoms with Gasteiger partial charge in [0.25, 0.3) is 11.1 Å². The molecule has 0 atom stereocenters. The van der Waals surface area contributed by atoms with Crippen LogP contribution in [0.3, 0.4) is 0 Å². The molecule has 148 valence electrons. The summed E-state index contributed by atoms with van der Waals surface area (Å²) in [6.45, 7) is 7.64. The van der Waals surface area contributed by atoms with E-state index < -0.39 is 5.91 Å². The first-order valence-corrected chi connectivity index (χ1v) is 11.1. The van der Waals surface area contributed by atoms with E-state index in [1.54, 1.807) is 11.3 Å². The van der Waals surface area contributed by atoms with E-state index in [4.69, 9.17) is 10.5 Å². The number of piperazine rings is 1. The number of carbonyl (C=O) groups is 1. The Balaban J connectivity index is 1.22. The lowest BCUT2D eigenvalue weighted by Crippen LogP contribution is -2.46. The van der Waals surface area contributed by atoms with E-state index in [9.17, 15) is 4.79 Å². The third kappa shape index (κ3) is 4.14. The second-order valence-corrected chi connectivity index (χ2v) is 9.00. The first kappa shape index (κ1) is 19.2. The van der Waals surface area contributed by atoms with Crippen molar-refractivity contribution in [3.8, 4) is 5.19 Å². The lowest BCUT2D eigenvalue weighted by molar-refractivity contribution is 0.0995. The molecule has 6 nitrogen and oxygen atoms in total. The Morgan fingerprint density at radius 1 is 1.25 bits per heavy atom. The minimum Gasteiger partial charge on any atom is -0.470 e. The van der Waals surface area contributed by atoms with Gasteiger partial charge in [-0.3, -0.25) is 9.69 Å². The maximum Gasteiger partial charge on any atom is 0.274 e. The van der Waals surface area contributed by atoms with Crippen LogP contribution in [0, 0.1) is 6.92 Å². The van der Waals surface area contributed by atoms with Crippen molar-refractivity contribution in [1.29, 1.82) is 0 Å². The molecule has 1 aromatic carbocycles. The third-order valence-electron chi connectivity index (χ3n) is 5.04. The minimum atomic E-state index is -0.500. The van der Waals surface area contributed by atoms with E-state index >= 15 is 0 Å². The smallest absolute Gasteiger partial charge is 0.274 e. The number of carbonyl (C=O) groups excluding carboxylic acids is 1. The normalized spacial score (nSPS) is 15.2. The van der Waals surface area contributed by atoms with E-state index in [1.165, 1.54) is 27.1 Å². The molecular weight excluding hydrogens is 392 g/mol. The van der Waals surface area contributed by atoms with E-state index in [0.29, 0.717) is 17.5 Å². The van der Waals surface area contributed by atoms with Gasteiger partial charge in [0.1, 0.15) is 5.69 Å². The van der Waals surface area contributed by atoms with E-state index in [-0.39, 0.29) is 0 Å². The molecule has 1 fully saturated rings. The fourth-order valence-electron chi connectivity index (χ4n) is 3.58. The van der Waals surface area contributed by atoms with Crippen LogP contribution in [-0.4, -0.2) is 55.1 Å². The van der Waals surface area contributed by atoms with Crippen LogP contribution >= 0.6 is 22.7 Å². The molecule has 1 aliphatic heterocycles. The molecule has 1 saturated heterocycles. The van der Waals surface area contributed by atoms with E-state index in [1.807, 2.05) is 6.92 Å². The van der Waals surface area contributed by atoms with Crippen molar-refractivity contribution < 1.29 is 9.53 Å². The van der Waals surface area contributed by atoms with Gasteiger partial charge < -0.3 is 15.4 Å². The number of amides is 1. The van der Waals surface area contributed by atoms with Crippen LogP contribution in [0.1, 0.15) is 21.8 Å². The van der Waals surface area contributed by atoms with Crippen molar-refractivity contribution in [2.75, 3.05) is 44.2 Å². The molecular formula is C20H24N4O2S2. The van der Waals surface area contributed by atoms with Crippen LogP contribution in [0.2, 0.25) is 0 Å². The van der Waals surface area contributed by atoms with Gasteiger partial charge in [-0.05, 0) is 36.9 Å². The van der Waals surface area contributed by atoms with Crippen LogP contribution in [0.25, 0.3) is 10.1 Å². The number of ether oxygens (including phenoxy) is 1. The summed E-state index contributed by atoms with van der Waals surface area (Å²) in [5.74, 6) is -0.500. The first-order chi connectivity index (χ1) is 13.6. The number of aromatic nitrogens is 1. The van der Waals surface area contributed by atoms with Gasteiger partial charge in [-0.15, -0.1) is 11.3 Å². The fraction of sp³-hybridized carbons (Fsp3) is 0.400. The molecule has 28 heavy (non-hydrogen) atoms. The predicted octanol–water partition coefficient (Wildman–Crippen LogP) is 3.36. The lowest BCUT2D eigenvalue weighted by atomic mass is 10.2. The zero-order chi connectivity index (χ0) is 19.5. The topological polar surface area (TPSA) is 71.7 Å². The number of nitrogens with two attached hydrogens (primary N) is 1. The quantitative estimate of drug-likeness (QED) is 0.598. The zero-order valence-corrected chi connectivity index (χ0v) is 17.5. The maximum absolute atomic E-state index is 11.3. The zero-order valence-electron chi connectivity index (χ0n) is 15.9. The van der Waals surface area contributed by atoms with Crippen LogP contribution in [-0.2, 0) is 0 Å². The second kappa shape index (κ2) is 8.46. The minimum absolute atomic E-state index is 0.316. The van der Waals surface area contributed by atoms with Crippen LogP contribution in [0.4, 0.5) is 5.69 Å². The number of aryl methyl sites for hydroxylation is 1. The number of fused-ring (bicyclic) bond motifs is 1. The SMILES string of the molecule is Cc1sc(OCCCN2CCN(c3cccc4sccc34)CC2)nc1C(N)=O. The highest BCUT2D eigenvalue weighted by Crippen LogP contribution is 2.31. The van der Waals surface area contributed by atoms with Crippen molar-refractivity contribution >= 4 is 44.4 Å². The summed E-state index contributed by atoms with van der Waals surface area (Å²) < 4.78 is 7.06. The summed E-state index contributed by atoms with van der Waals surface area (Å²) in [6.07, 6.45) is 0.935. The molecule has 8 heteroatoms. The van der Waals surface area contributed by atoms with Crippen molar-refractivity contribution in [3.05, 3.63) is 40.2 Å². The molecule has 0 spiro atoms. The number of hydrogen-bond acceptors (Lipinski definition) is 7. The van der Waals surface area contributed by atoms with Gasteiger partial charge in [0.2, 0.25) is 0 Å². The monoisotopic (exact) mass is 416 g/mol. The number of hydrogen-bond donors (Lipinski definition) is 1. The molecule has 0 radical (unpaired) electrons. The maximum atomic E-state index is 11.3. The average Bonchev–Trinajstić information content (AvgIpc) is 3.32. The van der Waals surface area contributed by atoms with Gasteiger partial charge in [0.05, 0.1) is 6.61 Å². The van der Waals surface area contributed by atoms with Gasteiger partial charge in [-0.1, -0.05) is 17.4 Å². The van der Waals surface area contributed by atoms with Crippen LogP contribution < -0.4 is 15.4 Å². The lowest BCUT2D eigenvalue weighted by Gasteiger charge is -2.36. The van der Waals surface area contributed by atoms with Gasteiger partial charge >= 0.3 is 0 Å². The van der Waals surface area contributed by atoms with Crippen molar-refractivity contribution in [2.24, 2.45) is 5.73 Å². The van der Waals surface area contributed by atoms with Gasteiger partial charge in [-0.25, -0.2) is 0 Å². The number of thiophene rings is 1. The summed E-state index contributed by atoms with van der Waals surface area (Å²) >= 11 is 3.18. The number of anilines is 1. The molecule has 2 N–H and O–H groups in total. The molecule has 3 heterocycles. The third-order valence-corrected chi connectivity index (χ3v) is 6.81. The molecule has 0 bridgehead atoms. The second-order valence-electron chi connectivity index (χ2n) is 6.89. The highest BCUT2D eigenvalue weighted by molar-refractivity contribution is 7.17. The number of rotatable bonds is 7. The Bertz CT molecular complexity index is 960. The highest BCUT2D eigenvalue weighted by atomic mass is 32.1. The summed E-state index contributed by atoms with van der Waals surface area (Å²) in [7, 11) is 0. The fourth-order valence-corrected chi connectivity index (χ4v) is 5.17. The van der Waals surface area contributed by atoms with E-state index in [2.05, 4.69) is 44.4 Å². The first-order valence-electron chi connectivity index (χ1n) is 9.45. The Hall–Kier alpha value is -2.16. The Kier molecular flexibility index (Phi) is 5.79. The van der Waals surface area contributed by atoms with Gasteiger partial charge in [-0.2, -0.15) is 4.98 Å². The highest BCUT2D eigenvalue weighted by Gasteiger charge is 2.19. The number of primary amides is 1. The molecule has 0 saturated carbocycles. The summed E-state index contributed by atoms with van der Waals surface area (Å²) in [4.78, 5) is 21.2. The molecule has 0 aliphatic carbocycles. The van der Waals surface area contributed by atoms with Gasteiger partial charge in [0, 0.05) is 53.4 Å². The Morgan fingerprint density at radius 3 is 2.82 bits per heavy atom. The standard InChI is InChI=1S/C20H24N4O2S2/c1-14-18(19(21)25)22-20(28-14)26-12-3-7-23-8-10-24(11-9-23)16-4-2-5-17-15(16)6-13-27-17/h2,4-6,13H,3,7-12H2,1H3,(H2,21,25). The van der Waals surface area contributed by atoms with E-state index in [0.717, 1.165) is 44.0 Å². The molecule has 4 rings (SSSR count). The molecule has 2 aromatic heterocycles. The predicted molar refractivity (Wildman–Crippen MR) is 116 cm³/mol. The van der Waals surface area contributed by atoms with Crippen molar-refractivity contribution in [3.63, 3.8) is 0 Å². The van der Waals surface area contributed by atoms with Crippen LogP contribution in [0.5, 0.6) is 5.19 Å². The summed E-state index contributed by atoms with van der Waals surface area (Å²) in [5, 5.41) is 4.06. The molecule has 1 aliphatic rings. The number of benzene rings is 1. The largest absolute Gasteiger partial charge is 0.470 e. The number of thiazole rings is 1. The average molecular weight is 417 g/mol. The molecule has 3 aromatic rings. The van der Waals surface area contributed by atoms with Crippen molar-refractivity contribution in [2.45, 2.75) is 13.3 Å². The molecule has 0 unspecified atom stereocenters. The summed E-state index contributed by atoms with van der Waals surface area (Å²) in [5.41, 5.74) is 6.97. The summed E-state index contributed by atoms with van der Waals surface area (Å²) in [6, 6.07) is 8.80. The van der Waals surface area contributed by atoms with Crippen molar-refractivity contribution in [1.82, 2.24) is 9.88 Å². The van der Waals surface area contributed by atoms with Gasteiger partial charge in [0.15, 0.2) is 0 Å². The van der Waals surface area contributed by atoms with Crippen LogP contribution in [0.15, 0.2) is 29.6 Å². The Labute approximate surface area is 172 Å². The number of nitrogens with zero attached hydrogens (tertiary/aromatic N) is 3.